The number of ether oxygens (including phenoxy) is 1. The van der Waals surface area contributed by atoms with Crippen molar-refractivity contribution < 1.29 is 14.6 Å². The molecule has 4 nitrogen and oxygen atoms in total. The number of aliphatic carboxylic acids is 1. The molecule has 0 bridgehead atoms. The van der Waals surface area contributed by atoms with Crippen LogP contribution in [0.25, 0.3) is 0 Å². The number of carboxylic acid groups (broad SMARTS) is 1. The summed E-state index contributed by atoms with van der Waals surface area (Å²) in [6.45, 7) is 2.05. The molecule has 3 N–H and O–H groups in total. The summed E-state index contributed by atoms with van der Waals surface area (Å²) >= 11 is 0. The van der Waals surface area contributed by atoms with Crippen molar-refractivity contribution >= 4 is 5.97 Å². The molecule has 0 aliphatic rings. The van der Waals surface area contributed by atoms with Crippen molar-refractivity contribution in [2.75, 3.05) is 7.11 Å². The Morgan fingerprint density at radius 1 is 1.32 bits per heavy atom. The number of hydrogen-bond acceptors (Lipinski definition) is 3. The van der Waals surface area contributed by atoms with E-state index in [4.69, 9.17) is 15.6 Å². The molecule has 0 fully saturated rings. The Morgan fingerprint density at radius 2 is 1.95 bits per heavy atom. The van der Waals surface area contributed by atoms with Gasteiger partial charge in [0.1, 0.15) is 0 Å². The van der Waals surface area contributed by atoms with Crippen molar-refractivity contribution in [1.29, 1.82) is 0 Å². The number of carbonyl (C=O) groups is 1. The van der Waals surface area contributed by atoms with Gasteiger partial charge in [0, 0.05) is 19.6 Å². The van der Waals surface area contributed by atoms with E-state index < -0.39 is 5.97 Å². The summed E-state index contributed by atoms with van der Waals surface area (Å²) in [6, 6.07) is 7.87. The Balaban J connectivity index is 2.48. The molecule has 0 aromatic heterocycles. The third-order valence-corrected chi connectivity index (χ3v) is 3.32. The Kier molecular flexibility index (Phi) is 6.53. The quantitative estimate of drug-likeness (QED) is 0.757. The second-order valence-electron chi connectivity index (χ2n) is 4.87. The minimum absolute atomic E-state index is 0.105. The Hall–Kier alpha value is -1.39. The van der Waals surface area contributed by atoms with Crippen LogP contribution in [0.1, 0.15) is 43.4 Å². The number of hydrogen-bond donors (Lipinski definition) is 2. The zero-order valence-electron chi connectivity index (χ0n) is 11.6. The summed E-state index contributed by atoms with van der Waals surface area (Å²) in [5, 5.41) is 8.63. The summed E-state index contributed by atoms with van der Waals surface area (Å²) in [5.74, 6) is -0.805. The van der Waals surface area contributed by atoms with Crippen LogP contribution in [0.4, 0.5) is 0 Å². The SMILES string of the molecule is COC(C)CCc1ccc(C(N)CCC(=O)O)cc1. The maximum Gasteiger partial charge on any atom is 0.303 e. The largest absolute Gasteiger partial charge is 0.481 e. The molecule has 1 aromatic carbocycles. The Bertz CT molecular complexity index is 389. The zero-order chi connectivity index (χ0) is 14.3. The first-order chi connectivity index (χ1) is 9.02. The van der Waals surface area contributed by atoms with Crippen molar-refractivity contribution in [2.24, 2.45) is 5.73 Å². The van der Waals surface area contributed by atoms with Gasteiger partial charge in [-0.1, -0.05) is 24.3 Å². The summed E-state index contributed by atoms with van der Waals surface area (Å²) in [7, 11) is 1.72. The highest BCUT2D eigenvalue weighted by Crippen LogP contribution is 2.17. The van der Waals surface area contributed by atoms with Crippen LogP contribution in [-0.4, -0.2) is 24.3 Å². The lowest BCUT2D eigenvalue weighted by atomic mass is 9.99. The van der Waals surface area contributed by atoms with Crippen LogP contribution in [0.15, 0.2) is 24.3 Å². The molecular weight excluding hydrogens is 242 g/mol. The fourth-order valence-electron chi connectivity index (χ4n) is 1.86. The number of rotatable bonds is 8. The van der Waals surface area contributed by atoms with Crippen LogP contribution < -0.4 is 5.73 Å². The molecule has 1 rings (SSSR count). The lowest BCUT2D eigenvalue weighted by molar-refractivity contribution is -0.137. The number of methoxy groups -OCH3 is 1. The molecule has 0 saturated heterocycles. The summed E-state index contributed by atoms with van der Waals surface area (Å²) < 4.78 is 5.21. The van der Waals surface area contributed by atoms with E-state index in [1.807, 2.05) is 12.1 Å². The first-order valence-corrected chi connectivity index (χ1v) is 6.62. The minimum atomic E-state index is -0.805. The van der Waals surface area contributed by atoms with Gasteiger partial charge >= 0.3 is 5.97 Å². The molecule has 0 saturated carbocycles. The minimum Gasteiger partial charge on any atom is -0.481 e. The molecule has 2 atom stereocenters. The van der Waals surface area contributed by atoms with Gasteiger partial charge in [0.25, 0.3) is 0 Å². The number of benzene rings is 1. The predicted molar refractivity (Wildman–Crippen MR) is 75.0 cm³/mol. The first-order valence-electron chi connectivity index (χ1n) is 6.62. The van der Waals surface area contributed by atoms with E-state index in [0.717, 1.165) is 18.4 Å². The van der Waals surface area contributed by atoms with E-state index in [-0.39, 0.29) is 18.6 Å². The molecule has 0 amide bonds. The number of nitrogens with two attached hydrogens (primary N) is 1. The van der Waals surface area contributed by atoms with E-state index in [1.165, 1.54) is 5.56 Å². The Morgan fingerprint density at radius 3 is 2.47 bits per heavy atom. The molecular formula is C15H23NO3. The predicted octanol–water partition coefficient (Wildman–Crippen LogP) is 2.52. The van der Waals surface area contributed by atoms with Gasteiger partial charge in [0.2, 0.25) is 0 Å². The van der Waals surface area contributed by atoms with Gasteiger partial charge in [-0.05, 0) is 37.3 Å². The van der Waals surface area contributed by atoms with Crippen molar-refractivity contribution in [3.05, 3.63) is 35.4 Å². The summed E-state index contributed by atoms with van der Waals surface area (Å²) in [6.07, 6.45) is 2.79. The third-order valence-electron chi connectivity index (χ3n) is 3.32. The van der Waals surface area contributed by atoms with Crippen LogP contribution in [0, 0.1) is 0 Å². The molecule has 106 valence electrons. The van der Waals surface area contributed by atoms with E-state index >= 15 is 0 Å². The fraction of sp³-hybridized carbons (Fsp3) is 0.533. The highest BCUT2D eigenvalue weighted by molar-refractivity contribution is 5.66. The monoisotopic (exact) mass is 265 g/mol. The number of aryl methyl sites for hydroxylation is 1. The lowest BCUT2D eigenvalue weighted by Gasteiger charge is -2.12. The highest BCUT2D eigenvalue weighted by atomic mass is 16.5. The summed E-state index contributed by atoms with van der Waals surface area (Å²) in [4.78, 5) is 10.5. The topological polar surface area (TPSA) is 72.5 Å². The standard InChI is InChI=1S/C15H23NO3/c1-11(19-2)3-4-12-5-7-13(8-6-12)14(16)9-10-15(17)18/h5-8,11,14H,3-4,9-10,16H2,1-2H3,(H,17,18). The van der Waals surface area contributed by atoms with Gasteiger partial charge in [0.05, 0.1) is 6.10 Å². The van der Waals surface area contributed by atoms with E-state index in [2.05, 4.69) is 19.1 Å². The van der Waals surface area contributed by atoms with Crippen molar-refractivity contribution in [2.45, 2.75) is 44.8 Å². The second-order valence-corrected chi connectivity index (χ2v) is 4.87. The molecule has 1 aromatic rings. The molecule has 2 unspecified atom stereocenters. The molecule has 0 aliphatic carbocycles. The average molecular weight is 265 g/mol. The van der Waals surface area contributed by atoms with E-state index in [1.54, 1.807) is 7.11 Å². The molecule has 0 heterocycles. The van der Waals surface area contributed by atoms with Crippen LogP contribution in [0.3, 0.4) is 0 Å². The van der Waals surface area contributed by atoms with Gasteiger partial charge in [-0.3, -0.25) is 4.79 Å². The van der Waals surface area contributed by atoms with Crippen molar-refractivity contribution in [3.63, 3.8) is 0 Å². The van der Waals surface area contributed by atoms with Crippen LogP contribution >= 0.6 is 0 Å². The normalized spacial score (nSPS) is 14.1. The van der Waals surface area contributed by atoms with Crippen molar-refractivity contribution in [3.8, 4) is 0 Å². The maximum absolute atomic E-state index is 10.5. The second kappa shape index (κ2) is 7.92. The first kappa shape index (κ1) is 15.7. The van der Waals surface area contributed by atoms with Gasteiger partial charge < -0.3 is 15.6 Å². The van der Waals surface area contributed by atoms with Gasteiger partial charge in [-0.15, -0.1) is 0 Å². The molecule has 0 radical (unpaired) electrons. The van der Waals surface area contributed by atoms with Gasteiger partial charge in [0.15, 0.2) is 0 Å². The van der Waals surface area contributed by atoms with Gasteiger partial charge in [-0.25, -0.2) is 0 Å². The third kappa shape index (κ3) is 5.85. The molecule has 4 heteroatoms. The zero-order valence-corrected chi connectivity index (χ0v) is 11.6. The maximum atomic E-state index is 10.5. The van der Waals surface area contributed by atoms with Gasteiger partial charge in [-0.2, -0.15) is 0 Å². The van der Waals surface area contributed by atoms with Crippen LogP contribution in [0.5, 0.6) is 0 Å². The van der Waals surface area contributed by atoms with Crippen LogP contribution in [0.2, 0.25) is 0 Å². The smallest absolute Gasteiger partial charge is 0.303 e. The molecule has 19 heavy (non-hydrogen) atoms. The molecule has 0 aliphatic heterocycles. The van der Waals surface area contributed by atoms with E-state index in [0.29, 0.717) is 6.42 Å². The fourth-order valence-corrected chi connectivity index (χ4v) is 1.86. The Labute approximate surface area is 114 Å². The molecule has 0 spiro atoms. The van der Waals surface area contributed by atoms with E-state index in [9.17, 15) is 4.79 Å². The number of carboxylic acids is 1. The average Bonchev–Trinajstić information content (AvgIpc) is 2.42. The highest BCUT2D eigenvalue weighted by Gasteiger charge is 2.08. The lowest BCUT2D eigenvalue weighted by Crippen LogP contribution is -2.12. The van der Waals surface area contributed by atoms with Crippen molar-refractivity contribution in [1.82, 2.24) is 0 Å². The summed E-state index contributed by atoms with van der Waals surface area (Å²) in [5.41, 5.74) is 8.19. The van der Waals surface area contributed by atoms with Crippen LogP contribution in [-0.2, 0) is 16.0 Å².